The SMILES string of the molecule is [Cl-].[Mg+2].[Mg+2].[OH-].[OH-].[OH-]. The Bertz CT molecular complexity index is 8.75. The molecule has 6 heavy (non-hydrogen) atoms. The standard InChI is InChI=1S/ClH.2Mg.3H2O/h1H;;;3*1H2/q;2*+2;;;/p-4. The molecule has 0 aliphatic heterocycles. The molecule has 0 radical (unpaired) electrons. The van der Waals surface area contributed by atoms with E-state index in [1.807, 2.05) is 0 Å². The van der Waals surface area contributed by atoms with E-state index in [9.17, 15) is 0 Å². The Morgan fingerprint density at radius 1 is 0.500 bits per heavy atom. The summed E-state index contributed by atoms with van der Waals surface area (Å²) in [5.74, 6) is 0. The van der Waals surface area contributed by atoms with Crippen molar-refractivity contribution >= 4 is 46.1 Å². The molecule has 0 spiro atoms. The van der Waals surface area contributed by atoms with Gasteiger partial charge in [0.2, 0.25) is 0 Å². The van der Waals surface area contributed by atoms with E-state index in [1.54, 1.807) is 0 Å². The van der Waals surface area contributed by atoms with Crippen molar-refractivity contribution in [1.29, 1.82) is 0 Å². The van der Waals surface area contributed by atoms with Gasteiger partial charge in [-0.15, -0.1) is 0 Å². The molecule has 32 valence electrons. The maximum atomic E-state index is 0. The van der Waals surface area contributed by atoms with E-state index < -0.39 is 0 Å². The van der Waals surface area contributed by atoms with Gasteiger partial charge in [0.05, 0.1) is 0 Å². The Morgan fingerprint density at radius 2 is 0.500 bits per heavy atom. The summed E-state index contributed by atoms with van der Waals surface area (Å²) in [6.45, 7) is 0. The van der Waals surface area contributed by atoms with Crippen LogP contribution in [0.25, 0.3) is 0 Å². The molecule has 0 amide bonds. The quantitative estimate of drug-likeness (QED) is 0.315. The van der Waals surface area contributed by atoms with Gasteiger partial charge in [-0.25, -0.2) is 0 Å². The molecule has 0 saturated heterocycles. The van der Waals surface area contributed by atoms with Crippen LogP contribution in [0.2, 0.25) is 0 Å². The minimum atomic E-state index is 0. The van der Waals surface area contributed by atoms with Crippen LogP contribution >= 0.6 is 0 Å². The van der Waals surface area contributed by atoms with Crippen molar-refractivity contribution in [2.45, 2.75) is 0 Å². The van der Waals surface area contributed by atoms with Crippen LogP contribution in [0.1, 0.15) is 0 Å². The summed E-state index contributed by atoms with van der Waals surface area (Å²) in [7, 11) is 0. The molecule has 3 N–H and O–H groups in total. The summed E-state index contributed by atoms with van der Waals surface area (Å²) in [5.41, 5.74) is 0. The van der Waals surface area contributed by atoms with Crippen molar-refractivity contribution in [3.05, 3.63) is 0 Å². The van der Waals surface area contributed by atoms with Gasteiger partial charge in [0.1, 0.15) is 0 Å². The monoisotopic (exact) mass is 134 g/mol. The summed E-state index contributed by atoms with van der Waals surface area (Å²) < 4.78 is 0. The Balaban J connectivity index is 0. The van der Waals surface area contributed by atoms with Crippen molar-refractivity contribution in [2.24, 2.45) is 0 Å². The first-order valence-corrected chi connectivity index (χ1v) is 0. The van der Waals surface area contributed by atoms with Crippen molar-refractivity contribution in [3.63, 3.8) is 0 Å². The van der Waals surface area contributed by atoms with Gasteiger partial charge in [0.15, 0.2) is 0 Å². The van der Waals surface area contributed by atoms with Gasteiger partial charge >= 0.3 is 46.1 Å². The molecule has 0 aromatic heterocycles. The molecule has 3 nitrogen and oxygen atoms in total. The van der Waals surface area contributed by atoms with E-state index in [0.29, 0.717) is 0 Å². The fourth-order valence-corrected chi connectivity index (χ4v) is 0. The van der Waals surface area contributed by atoms with Crippen LogP contribution in [-0.4, -0.2) is 62.5 Å². The molecule has 0 heterocycles. The minimum absolute atomic E-state index is 0. The number of hydrogen-bond acceptors (Lipinski definition) is 3. The Morgan fingerprint density at radius 3 is 0.500 bits per heavy atom. The summed E-state index contributed by atoms with van der Waals surface area (Å²) >= 11 is 0. The average Bonchev–Trinajstić information content (AvgIpc) is 0. The van der Waals surface area contributed by atoms with Gasteiger partial charge in [-0.05, 0) is 0 Å². The smallest absolute Gasteiger partial charge is 1.00 e. The van der Waals surface area contributed by atoms with Crippen LogP contribution in [0.15, 0.2) is 0 Å². The first kappa shape index (κ1) is 119. The number of rotatable bonds is 0. The van der Waals surface area contributed by atoms with E-state index in [4.69, 9.17) is 0 Å². The van der Waals surface area contributed by atoms with E-state index in [1.165, 1.54) is 0 Å². The summed E-state index contributed by atoms with van der Waals surface area (Å²) in [5, 5.41) is 0. The maximum Gasteiger partial charge on any atom is 2.00 e. The number of hydrogen-bond donors (Lipinski definition) is 0. The zero-order chi connectivity index (χ0) is 0. The third-order valence-corrected chi connectivity index (χ3v) is 0. The van der Waals surface area contributed by atoms with Crippen LogP contribution in [0.3, 0.4) is 0 Å². The van der Waals surface area contributed by atoms with Crippen molar-refractivity contribution in [1.82, 2.24) is 0 Å². The van der Waals surface area contributed by atoms with E-state index >= 15 is 0 Å². The molecular weight excluding hydrogens is 132 g/mol. The van der Waals surface area contributed by atoms with Crippen LogP contribution in [0.5, 0.6) is 0 Å². The van der Waals surface area contributed by atoms with Crippen LogP contribution in [0, 0.1) is 0 Å². The van der Waals surface area contributed by atoms with Crippen LogP contribution in [-0.2, 0) is 0 Å². The Hall–Kier alpha value is 1.70. The van der Waals surface area contributed by atoms with Crippen LogP contribution < -0.4 is 12.4 Å². The fraction of sp³-hybridized carbons (Fsp3) is 0. The molecule has 0 rings (SSSR count). The molecule has 0 fully saturated rings. The predicted molar refractivity (Wildman–Crippen MR) is 17.3 cm³/mol. The zero-order valence-electron chi connectivity index (χ0n) is 3.13. The minimum Gasteiger partial charge on any atom is -1.00 e. The van der Waals surface area contributed by atoms with Crippen molar-refractivity contribution in [3.8, 4) is 0 Å². The second-order valence-electron chi connectivity index (χ2n) is 0. The molecular formula is H3ClMg2O3. The second kappa shape index (κ2) is 75.2. The van der Waals surface area contributed by atoms with E-state index in [0.717, 1.165) is 0 Å². The van der Waals surface area contributed by atoms with E-state index in [2.05, 4.69) is 0 Å². The molecule has 0 aromatic rings. The van der Waals surface area contributed by atoms with Gasteiger partial charge in [0.25, 0.3) is 0 Å². The molecule has 6 heteroatoms. The third kappa shape index (κ3) is 43.5. The zero-order valence-corrected chi connectivity index (χ0v) is 6.72. The summed E-state index contributed by atoms with van der Waals surface area (Å²) in [6.07, 6.45) is 0. The van der Waals surface area contributed by atoms with Gasteiger partial charge in [-0.1, -0.05) is 0 Å². The molecule has 0 aliphatic carbocycles. The first-order chi connectivity index (χ1) is 0. The van der Waals surface area contributed by atoms with Crippen LogP contribution in [0.4, 0.5) is 0 Å². The Kier molecular flexibility index (Phi) is 1500. The van der Waals surface area contributed by atoms with Gasteiger partial charge in [0, 0.05) is 0 Å². The Labute approximate surface area is 74.5 Å². The first-order valence-electron chi connectivity index (χ1n) is 0. The van der Waals surface area contributed by atoms with Crippen molar-refractivity contribution < 1.29 is 28.8 Å². The number of halogens is 1. The predicted octanol–water partition coefficient (Wildman–Crippen LogP) is -4.29. The molecule has 0 unspecified atom stereocenters. The largest absolute Gasteiger partial charge is 2.00 e. The van der Waals surface area contributed by atoms with Crippen molar-refractivity contribution in [2.75, 3.05) is 0 Å². The molecule has 0 saturated carbocycles. The summed E-state index contributed by atoms with van der Waals surface area (Å²) in [4.78, 5) is 0. The van der Waals surface area contributed by atoms with Gasteiger partial charge in [-0.3, -0.25) is 0 Å². The molecule has 0 aliphatic rings. The average molecular weight is 135 g/mol. The fourth-order valence-electron chi connectivity index (χ4n) is 0. The molecule has 0 atom stereocenters. The topological polar surface area (TPSA) is 90.0 Å². The molecule has 0 bridgehead atoms. The van der Waals surface area contributed by atoms with Gasteiger partial charge < -0.3 is 28.8 Å². The second-order valence-corrected chi connectivity index (χ2v) is 0. The van der Waals surface area contributed by atoms with E-state index in [-0.39, 0.29) is 74.9 Å². The molecule has 0 aromatic carbocycles. The van der Waals surface area contributed by atoms with Gasteiger partial charge in [-0.2, -0.15) is 0 Å². The third-order valence-electron chi connectivity index (χ3n) is 0. The maximum absolute atomic E-state index is 0. The normalized spacial score (nSPS) is 0. The summed E-state index contributed by atoms with van der Waals surface area (Å²) in [6, 6.07) is 0.